The van der Waals surface area contributed by atoms with Gasteiger partial charge in [0.15, 0.2) is 5.82 Å². The molecule has 238 valence electrons. The summed E-state index contributed by atoms with van der Waals surface area (Å²) in [5.74, 6) is 0.269. The molecule has 0 atom stereocenters. The van der Waals surface area contributed by atoms with Gasteiger partial charge < -0.3 is 30.8 Å². The lowest BCUT2D eigenvalue weighted by Gasteiger charge is -2.32. The number of amides is 3. The highest BCUT2D eigenvalue weighted by Gasteiger charge is 2.38. The van der Waals surface area contributed by atoms with Crippen LogP contribution in [-0.2, 0) is 11.3 Å². The Morgan fingerprint density at radius 1 is 1.16 bits per heavy atom. The maximum absolute atomic E-state index is 14.0. The van der Waals surface area contributed by atoms with E-state index in [0.29, 0.717) is 78.8 Å². The van der Waals surface area contributed by atoms with Crippen molar-refractivity contribution in [2.75, 3.05) is 57.0 Å². The summed E-state index contributed by atoms with van der Waals surface area (Å²) in [6, 6.07) is 0. The molecule has 0 aliphatic carbocycles. The van der Waals surface area contributed by atoms with E-state index in [1.54, 1.807) is 33.2 Å². The van der Waals surface area contributed by atoms with Crippen molar-refractivity contribution in [1.29, 1.82) is 0 Å². The van der Waals surface area contributed by atoms with Crippen molar-refractivity contribution in [3.63, 3.8) is 0 Å². The van der Waals surface area contributed by atoms with Gasteiger partial charge in [-0.25, -0.2) is 9.78 Å². The van der Waals surface area contributed by atoms with Gasteiger partial charge in [-0.15, -0.1) is 0 Å². The smallest absolute Gasteiger partial charge is 0.407 e. The number of carboxylic acid groups (broad SMARTS) is 1. The first-order chi connectivity index (χ1) is 21.4. The molecule has 0 radical (unpaired) electrons. The number of carbonyl (C=O) groups is 3. The number of pyridine rings is 1. The minimum atomic E-state index is -0.916. The summed E-state index contributed by atoms with van der Waals surface area (Å²) in [7, 11) is 1.59. The van der Waals surface area contributed by atoms with Crippen molar-refractivity contribution < 1.29 is 24.2 Å². The van der Waals surface area contributed by atoms with Gasteiger partial charge in [0.05, 0.1) is 36.0 Å². The summed E-state index contributed by atoms with van der Waals surface area (Å²) < 4.78 is 5.55. The summed E-state index contributed by atoms with van der Waals surface area (Å²) in [6.45, 7) is 10.6. The van der Waals surface area contributed by atoms with Gasteiger partial charge in [-0.2, -0.15) is 4.98 Å². The number of hydrogen-bond acceptors (Lipinski definition) is 9. The van der Waals surface area contributed by atoms with E-state index in [-0.39, 0.29) is 40.9 Å². The third-order valence-electron chi connectivity index (χ3n) is 8.27. The molecular weight excluding hydrogens is 602 g/mol. The van der Waals surface area contributed by atoms with E-state index >= 15 is 0 Å². The SMILES string of the molecule is COc1c(C)cnc(CN2C(=O)/C(=C\c3[nH]c(C)c(C(=O)NCCN4CCN(C(=O)O)CC4)c3C)c3c(Cl)nc(N)nc32)c1C. The fourth-order valence-electron chi connectivity index (χ4n) is 5.86. The third-order valence-corrected chi connectivity index (χ3v) is 8.54. The molecule has 2 aliphatic heterocycles. The van der Waals surface area contributed by atoms with Gasteiger partial charge in [0.25, 0.3) is 11.8 Å². The molecule has 0 aromatic carbocycles. The molecule has 0 spiro atoms. The van der Waals surface area contributed by atoms with Crippen LogP contribution in [0.1, 0.15) is 49.7 Å². The summed E-state index contributed by atoms with van der Waals surface area (Å²) in [6.07, 6.45) is 2.43. The van der Waals surface area contributed by atoms with Crippen LogP contribution >= 0.6 is 11.6 Å². The van der Waals surface area contributed by atoms with Crippen molar-refractivity contribution in [2.24, 2.45) is 0 Å². The van der Waals surface area contributed by atoms with Gasteiger partial charge in [0.1, 0.15) is 10.9 Å². The molecule has 2 aliphatic rings. The molecule has 5 rings (SSSR count). The van der Waals surface area contributed by atoms with Crippen LogP contribution in [0.2, 0.25) is 5.15 Å². The second-order valence-corrected chi connectivity index (χ2v) is 11.5. The Labute approximate surface area is 265 Å². The standard InChI is InChI=1S/C30H36ClN9O5/c1-15-13-34-21(17(3)24(15)45-5)14-40-26-23(25(31)36-29(32)37-26)19(28(40)42)12-20-16(2)22(18(4)35-20)27(41)33-6-7-38-8-10-39(11-9-38)30(43)44/h12-13,35H,6-11,14H2,1-5H3,(H,33,41)(H,43,44)(H2,32,36,37)/b19-12-. The van der Waals surface area contributed by atoms with E-state index < -0.39 is 6.09 Å². The molecule has 1 fully saturated rings. The minimum Gasteiger partial charge on any atom is -0.496 e. The number of ether oxygens (including phenoxy) is 1. The number of aromatic nitrogens is 4. The average Bonchev–Trinajstić information content (AvgIpc) is 3.41. The Bertz CT molecular complexity index is 1710. The number of nitrogen functional groups attached to an aromatic ring is 1. The molecule has 5 N–H and O–H groups in total. The lowest BCUT2D eigenvalue weighted by molar-refractivity contribution is -0.113. The number of hydrogen-bond donors (Lipinski definition) is 4. The van der Waals surface area contributed by atoms with Crippen LogP contribution in [0.15, 0.2) is 6.20 Å². The molecule has 0 saturated carbocycles. The zero-order chi connectivity index (χ0) is 32.6. The van der Waals surface area contributed by atoms with Crippen LogP contribution in [0.25, 0.3) is 11.6 Å². The normalized spacial score (nSPS) is 16.0. The predicted molar refractivity (Wildman–Crippen MR) is 169 cm³/mol. The van der Waals surface area contributed by atoms with Crippen molar-refractivity contribution in [3.05, 3.63) is 56.2 Å². The molecule has 0 bridgehead atoms. The van der Waals surface area contributed by atoms with Crippen LogP contribution in [-0.4, -0.2) is 99.1 Å². The van der Waals surface area contributed by atoms with E-state index in [9.17, 15) is 14.4 Å². The number of nitrogens with two attached hydrogens (primary N) is 1. The first-order valence-electron chi connectivity index (χ1n) is 14.4. The zero-order valence-electron chi connectivity index (χ0n) is 25.8. The van der Waals surface area contributed by atoms with E-state index in [4.69, 9.17) is 27.2 Å². The Morgan fingerprint density at radius 3 is 2.53 bits per heavy atom. The first kappa shape index (κ1) is 31.7. The van der Waals surface area contributed by atoms with Crippen molar-refractivity contribution in [1.82, 2.24) is 35.1 Å². The molecule has 15 heteroatoms. The number of methoxy groups -OCH3 is 1. The van der Waals surface area contributed by atoms with Crippen molar-refractivity contribution in [3.8, 4) is 5.75 Å². The second kappa shape index (κ2) is 12.7. The molecule has 5 heterocycles. The first-order valence-corrected chi connectivity index (χ1v) is 14.8. The predicted octanol–water partition coefficient (Wildman–Crippen LogP) is 2.79. The van der Waals surface area contributed by atoms with E-state index in [1.165, 1.54) is 9.80 Å². The molecule has 14 nitrogen and oxygen atoms in total. The summed E-state index contributed by atoms with van der Waals surface area (Å²) in [5.41, 5.74) is 11.2. The Hall–Kier alpha value is -4.69. The van der Waals surface area contributed by atoms with Crippen LogP contribution in [0, 0.1) is 27.7 Å². The topological polar surface area (TPSA) is 183 Å². The number of piperazine rings is 1. The largest absolute Gasteiger partial charge is 0.496 e. The Balaban J connectivity index is 1.38. The summed E-state index contributed by atoms with van der Waals surface area (Å²) in [4.78, 5) is 59.5. The maximum atomic E-state index is 14.0. The molecular formula is C30H36ClN9O5. The maximum Gasteiger partial charge on any atom is 0.407 e. The second-order valence-electron chi connectivity index (χ2n) is 11.1. The lowest BCUT2D eigenvalue weighted by Crippen LogP contribution is -2.49. The monoisotopic (exact) mass is 637 g/mol. The van der Waals surface area contributed by atoms with Crippen molar-refractivity contribution >= 4 is 52.9 Å². The van der Waals surface area contributed by atoms with E-state index in [1.807, 2.05) is 13.8 Å². The average molecular weight is 638 g/mol. The highest BCUT2D eigenvalue weighted by molar-refractivity contribution is 6.41. The van der Waals surface area contributed by atoms with Crippen LogP contribution < -0.4 is 20.7 Å². The molecule has 3 aromatic heterocycles. The fourth-order valence-corrected chi connectivity index (χ4v) is 6.13. The Kier molecular flexibility index (Phi) is 8.98. The van der Waals surface area contributed by atoms with Crippen LogP contribution in [0.5, 0.6) is 5.75 Å². The molecule has 3 aromatic rings. The van der Waals surface area contributed by atoms with Crippen LogP contribution in [0.4, 0.5) is 16.6 Å². The lowest BCUT2D eigenvalue weighted by atomic mass is 10.1. The summed E-state index contributed by atoms with van der Waals surface area (Å²) >= 11 is 6.54. The number of rotatable bonds is 8. The van der Waals surface area contributed by atoms with Gasteiger partial charge in [0.2, 0.25) is 5.95 Å². The summed E-state index contributed by atoms with van der Waals surface area (Å²) in [5, 5.41) is 12.1. The quantitative estimate of drug-likeness (QED) is 0.212. The van der Waals surface area contributed by atoms with E-state index in [0.717, 1.165) is 11.1 Å². The molecule has 0 unspecified atom stereocenters. The number of halogens is 1. The fraction of sp³-hybridized carbons (Fsp3) is 0.400. The molecule has 1 saturated heterocycles. The van der Waals surface area contributed by atoms with Gasteiger partial charge in [-0.1, -0.05) is 11.6 Å². The third kappa shape index (κ3) is 6.15. The van der Waals surface area contributed by atoms with Gasteiger partial charge in [-0.3, -0.25) is 24.4 Å². The number of H-pyrrole nitrogens is 1. The molecule has 3 amide bonds. The van der Waals surface area contributed by atoms with Gasteiger partial charge in [-0.05, 0) is 39.3 Å². The number of nitrogens with zero attached hydrogens (tertiary/aromatic N) is 6. The number of nitrogens with one attached hydrogen (secondary N) is 2. The van der Waals surface area contributed by atoms with Crippen molar-refractivity contribution in [2.45, 2.75) is 34.2 Å². The van der Waals surface area contributed by atoms with Gasteiger partial charge in [0, 0.05) is 68.0 Å². The van der Waals surface area contributed by atoms with Crippen LogP contribution in [0.3, 0.4) is 0 Å². The highest BCUT2D eigenvalue weighted by atomic mass is 35.5. The number of aromatic amines is 1. The zero-order valence-corrected chi connectivity index (χ0v) is 26.6. The van der Waals surface area contributed by atoms with E-state index in [2.05, 4.69) is 30.2 Å². The minimum absolute atomic E-state index is 0.0360. The molecule has 45 heavy (non-hydrogen) atoms. The van der Waals surface area contributed by atoms with Gasteiger partial charge >= 0.3 is 6.09 Å². The number of carbonyl (C=O) groups excluding carboxylic acids is 2. The number of anilines is 2. The Morgan fingerprint density at radius 2 is 1.87 bits per heavy atom. The number of fused-ring (bicyclic) bond motifs is 1. The number of aryl methyl sites for hydroxylation is 2. The highest BCUT2D eigenvalue weighted by Crippen LogP contribution is 2.42.